The van der Waals surface area contributed by atoms with Crippen LogP contribution in [0.4, 0.5) is 0 Å². The minimum atomic E-state index is 0.230. The molecule has 2 heterocycles. The third-order valence-electron chi connectivity index (χ3n) is 1.93. The maximum Gasteiger partial charge on any atom is 0.277 e. The molecule has 92 valence electrons. The van der Waals surface area contributed by atoms with Gasteiger partial charge in [-0.05, 0) is 0 Å². The molecule has 0 atom stereocenters. The molecule has 7 nitrogen and oxygen atoms in total. The molecule has 8 heteroatoms. The van der Waals surface area contributed by atoms with Crippen LogP contribution in [0.25, 0.3) is 0 Å². The Hall–Kier alpha value is -1.41. The molecule has 2 rings (SSSR count). The van der Waals surface area contributed by atoms with E-state index in [0.29, 0.717) is 28.6 Å². The standard InChI is InChI=1S/C9H13N5O2S/c1-5(2)8-11-6(14-16-8)4-17-9-13-12-7(3-10)15-9/h5H,3-4,10H2,1-2H3. The molecule has 2 aromatic rings. The summed E-state index contributed by atoms with van der Waals surface area (Å²) in [6.07, 6.45) is 0. The summed E-state index contributed by atoms with van der Waals surface area (Å²) in [5.74, 6) is 2.43. The van der Waals surface area contributed by atoms with E-state index in [4.69, 9.17) is 14.7 Å². The minimum Gasteiger partial charge on any atom is -0.415 e. The summed E-state index contributed by atoms with van der Waals surface area (Å²) < 4.78 is 10.3. The van der Waals surface area contributed by atoms with Gasteiger partial charge in [0.25, 0.3) is 5.22 Å². The Bertz CT molecular complexity index is 481. The molecule has 0 fully saturated rings. The van der Waals surface area contributed by atoms with Crippen LogP contribution in [0.5, 0.6) is 0 Å². The molecule has 0 aliphatic rings. The van der Waals surface area contributed by atoms with Crippen molar-refractivity contribution in [3.05, 3.63) is 17.6 Å². The van der Waals surface area contributed by atoms with Crippen LogP contribution in [0.2, 0.25) is 0 Å². The first-order valence-electron chi connectivity index (χ1n) is 5.16. The number of thioether (sulfide) groups is 1. The Labute approximate surface area is 102 Å². The lowest BCUT2D eigenvalue weighted by Gasteiger charge is -1.92. The molecule has 2 aromatic heterocycles. The molecule has 0 radical (unpaired) electrons. The van der Waals surface area contributed by atoms with Crippen LogP contribution in [-0.2, 0) is 12.3 Å². The fourth-order valence-electron chi connectivity index (χ4n) is 1.07. The molecule has 0 spiro atoms. The Kier molecular flexibility index (Phi) is 3.75. The van der Waals surface area contributed by atoms with Gasteiger partial charge in [0.2, 0.25) is 11.8 Å². The summed E-state index contributed by atoms with van der Waals surface area (Å²) in [4.78, 5) is 4.24. The number of hydrogen-bond donors (Lipinski definition) is 1. The zero-order valence-electron chi connectivity index (χ0n) is 9.58. The number of nitrogens with two attached hydrogens (primary N) is 1. The van der Waals surface area contributed by atoms with E-state index >= 15 is 0 Å². The first-order chi connectivity index (χ1) is 8.19. The fraction of sp³-hybridized carbons (Fsp3) is 0.556. The predicted molar refractivity (Wildman–Crippen MR) is 60.1 cm³/mol. The molecule has 0 aliphatic carbocycles. The second kappa shape index (κ2) is 5.28. The van der Waals surface area contributed by atoms with Crippen molar-refractivity contribution in [2.75, 3.05) is 0 Å². The van der Waals surface area contributed by atoms with Crippen LogP contribution < -0.4 is 5.73 Å². The molecule has 0 amide bonds. The van der Waals surface area contributed by atoms with Crippen molar-refractivity contribution in [2.24, 2.45) is 5.73 Å². The predicted octanol–water partition coefficient (Wildman–Crippen LogP) is 1.33. The van der Waals surface area contributed by atoms with Gasteiger partial charge in [0, 0.05) is 5.92 Å². The van der Waals surface area contributed by atoms with Crippen LogP contribution >= 0.6 is 11.8 Å². The first kappa shape index (κ1) is 12.1. The van der Waals surface area contributed by atoms with Crippen LogP contribution in [0.15, 0.2) is 14.2 Å². The summed E-state index contributed by atoms with van der Waals surface area (Å²) in [5.41, 5.74) is 5.36. The first-order valence-corrected chi connectivity index (χ1v) is 6.15. The second-order valence-corrected chi connectivity index (χ2v) is 4.58. The van der Waals surface area contributed by atoms with Gasteiger partial charge in [-0.15, -0.1) is 10.2 Å². The van der Waals surface area contributed by atoms with Crippen LogP contribution in [0.3, 0.4) is 0 Å². The van der Waals surface area contributed by atoms with E-state index in [1.165, 1.54) is 11.8 Å². The highest BCUT2D eigenvalue weighted by atomic mass is 32.2. The van der Waals surface area contributed by atoms with Crippen LogP contribution in [-0.4, -0.2) is 20.3 Å². The van der Waals surface area contributed by atoms with Crippen molar-refractivity contribution in [2.45, 2.75) is 37.3 Å². The fourth-order valence-corrected chi connectivity index (χ4v) is 1.69. The Morgan fingerprint density at radius 3 is 2.76 bits per heavy atom. The van der Waals surface area contributed by atoms with Gasteiger partial charge in [0.1, 0.15) is 0 Å². The van der Waals surface area contributed by atoms with Gasteiger partial charge in [-0.3, -0.25) is 0 Å². The average molecular weight is 255 g/mol. The van der Waals surface area contributed by atoms with Crippen molar-refractivity contribution in [1.82, 2.24) is 20.3 Å². The highest BCUT2D eigenvalue weighted by Crippen LogP contribution is 2.21. The molecule has 0 aliphatic heterocycles. The SMILES string of the molecule is CC(C)c1nc(CSc2nnc(CN)o2)no1. The van der Waals surface area contributed by atoms with Crippen molar-refractivity contribution < 1.29 is 8.94 Å². The molecule has 0 unspecified atom stereocenters. The molecule has 0 saturated carbocycles. The Morgan fingerprint density at radius 1 is 1.35 bits per heavy atom. The van der Waals surface area contributed by atoms with Gasteiger partial charge < -0.3 is 14.7 Å². The highest BCUT2D eigenvalue weighted by molar-refractivity contribution is 7.98. The van der Waals surface area contributed by atoms with E-state index in [0.717, 1.165) is 0 Å². The maximum atomic E-state index is 5.36. The Balaban J connectivity index is 1.92. The zero-order chi connectivity index (χ0) is 12.3. The lowest BCUT2D eigenvalue weighted by molar-refractivity contribution is 0.362. The minimum absolute atomic E-state index is 0.230. The molecule has 2 N–H and O–H groups in total. The second-order valence-electron chi connectivity index (χ2n) is 3.66. The largest absolute Gasteiger partial charge is 0.415 e. The van der Waals surface area contributed by atoms with Crippen molar-refractivity contribution in [1.29, 1.82) is 0 Å². The van der Waals surface area contributed by atoms with E-state index in [1.54, 1.807) is 0 Å². The van der Waals surface area contributed by atoms with E-state index in [9.17, 15) is 0 Å². The van der Waals surface area contributed by atoms with E-state index in [-0.39, 0.29) is 12.5 Å². The summed E-state index contributed by atoms with van der Waals surface area (Å²) in [7, 11) is 0. The van der Waals surface area contributed by atoms with Crippen molar-refractivity contribution in [3.63, 3.8) is 0 Å². The monoisotopic (exact) mass is 255 g/mol. The highest BCUT2D eigenvalue weighted by Gasteiger charge is 2.12. The molecular formula is C9H13N5O2S. The average Bonchev–Trinajstić information content (AvgIpc) is 2.95. The normalized spacial score (nSPS) is 11.3. The third kappa shape index (κ3) is 3.04. The molecule has 17 heavy (non-hydrogen) atoms. The van der Waals surface area contributed by atoms with Gasteiger partial charge in [-0.1, -0.05) is 30.8 Å². The summed E-state index contributed by atoms with van der Waals surface area (Å²) in [6, 6.07) is 0. The smallest absolute Gasteiger partial charge is 0.277 e. The molecule has 0 bridgehead atoms. The van der Waals surface area contributed by atoms with Crippen LogP contribution in [0.1, 0.15) is 37.4 Å². The number of rotatable bonds is 5. The molecule has 0 aromatic carbocycles. The summed E-state index contributed by atoms with van der Waals surface area (Å²) >= 11 is 1.35. The van der Waals surface area contributed by atoms with Gasteiger partial charge in [-0.25, -0.2) is 0 Å². The Morgan fingerprint density at radius 2 is 2.18 bits per heavy atom. The van der Waals surface area contributed by atoms with Crippen molar-refractivity contribution in [3.8, 4) is 0 Å². The van der Waals surface area contributed by atoms with Crippen LogP contribution in [0, 0.1) is 0 Å². The number of aromatic nitrogens is 4. The lowest BCUT2D eigenvalue weighted by atomic mass is 10.2. The van der Waals surface area contributed by atoms with Gasteiger partial charge in [-0.2, -0.15) is 4.98 Å². The zero-order valence-corrected chi connectivity index (χ0v) is 10.4. The van der Waals surface area contributed by atoms with E-state index < -0.39 is 0 Å². The number of hydrogen-bond acceptors (Lipinski definition) is 8. The van der Waals surface area contributed by atoms with E-state index in [2.05, 4.69) is 20.3 Å². The topological polar surface area (TPSA) is 104 Å². The van der Waals surface area contributed by atoms with E-state index in [1.807, 2.05) is 13.8 Å². The number of nitrogens with zero attached hydrogens (tertiary/aromatic N) is 4. The lowest BCUT2D eigenvalue weighted by Crippen LogP contribution is -1.95. The molecular weight excluding hydrogens is 242 g/mol. The van der Waals surface area contributed by atoms with Gasteiger partial charge >= 0.3 is 0 Å². The summed E-state index contributed by atoms with van der Waals surface area (Å²) in [5, 5.41) is 11.9. The summed E-state index contributed by atoms with van der Waals surface area (Å²) in [6.45, 7) is 4.24. The van der Waals surface area contributed by atoms with Gasteiger partial charge in [0.15, 0.2) is 5.82 Å². The quantitative estimate of drug-likeness (QED) is 0.798. The van der Waals surface area contributed by atoms with Crippen molar-refractivity contribution >= 4 is 11.8 Å². The third-order valence-corrected chi connectivity index (χ3v) is 2.74. The maximum absolute atomic E-state index is 5.36. The van der Waals surface area contributed by atoms with Gasteiger partial charge in [0.05, 0.1) is 12.3 Å². The molecule has 0 saturated heterocycles.